The van der Waals surface area contributed by atoms with Gasteiger partial charge in [-0.25, -0.2) is 4.39 Å². The highest BCUT2D eigenvalue weighted by molar-refractivity contribution is 6.30. The highest BCUT2D eigenvalue weighted by Gasteiger charge is 2.18. The van der Waals surface area contributed by atoms with Crippen LogP contribution in [0.4, 0.5) is 10.1 Å². The lowest BCUT2D eigenvalue weighted by Gasteiger charge is -2.23. The highest BCUT2D eigenvalue weighted by Crippen LogP contribution is 2.32. The largest absolute Gasteiger partial charge is 0.467 e. The minimum atomic E-state index is -0.343. The minimum Gasteiger partial charge on any atom is -0.467 e. The van der Waals surface area contributed by atoms with Gasteiger partial charge >= 0.3 is 0 Å². The van der Waals surface area contributed by atoms with Crippen LogP contribution in [0.25, 0.3) is 0 Å². The number of hydrogen-bond acceptors (Lipinski definition) is 4. The van der Waals surface area contributed by atoms with E-state index in [2.05, 4.69) is 5.32 Å². The predicted octanol–water partition coefficient (Wildman–Crippen LogP) is 3.42. The lowest BCUT2D eigenvalue weighted by atomic mass is 10.1. The normalized spacial score (nSPS) is 13.3. The molecular formula is C18H18ClFN2O3. The average molecular weight is 365 g/mol. The Balaban J connectivity index is 1.62. The molecule has 0 spiro atoms. The zero-order valence-electron chi connectivity index (χ0n) is 13.7. The summed E-state index contributed by atoms with van der Waals surface area (Å²) in [6, 6.07) is 9.30. The van der Waals surface area contributed by atoms with Crippen molar-refractivity contribution < 1.29 is 18.7 Å². The molecule has 2 aromatic rings. The summed E-state index contributed by atoms with van der Waals surface area (Å²) in [4.78, 5) is 14.0. The van der Waals surface area contributed by atoms with E-state index in [4.69, 9.17) is 21.1 Å². The van der Waals surface area contributed by atoms with Crippen molar-refractivity contribution in [3.8, 4) is 5.75 Å². The van der Waals surface area contributed by atoms with E-state index in [1.165, 1.54) is 24.3 Å². The first-order valence-corrected chi connectivity index (χ1v) is 8.15. The number of nitrogens with zero attached hydrogens (tertiary/aromatic N) is 1. The van der Waals surface area contributed by atoms with E-state index in [-0.39, 0.29) is 25.1 Å². The van der Waals surface area contributed by atoms with Crippen molar-refractivity contribution in [2.24, 2.45) is 0 Å². The van der Waals surface area contributed by atoms with Crippen LogP contribution in [-0.2, 0) is 22.7 Å². The van der Waals surface area contributed by atoms with Gasteiger partial charge in [0.05, 0.1) is 13.2 Å². The van der Waals surface area contributed by atoms with Crippen molar-refractivity contribution in [3.63, 3.8) is 0 Å². The molecule has 7 heteroatoms. The fourth-order valence-corrected chi connectivity index (χ4v) is 2.96. The summed E-state index contributed by atoms with van der Waals surface area (Å²) >= 11 is 6.15. The van der Waals surface area contributed by atoms with E-state index in [9.17, 15) is 9.18 Å². The van der Waals surface area contributed by atoms with Crippen LogP contribution in [0.15, 0.2) is 36.4 Å². The van der Waals surface area contributed by atoms with Crippen molar-refractivity contribution in [2.45, 2.75) is 13.2 Å². The molecular weight excluding hydrogens is 347 g/mol. The van der Waals surface area contributed by atoms with Crippen LogP contribution in [0.1, 0.15) is 11.1 Å². The maximum absolute atomic E-state index is 12.9. The first-order chi connectivity index (χ1) is 12.0. The van der Waals surface area contributed by atoms with Crippen molar-refractivity contribution in [1.29, 1.82) is 0 Å². The Kier molecular flexibility index (Phi) is 5.53. The van der Waals surface area contributed by atoms with Gasteiger partial charge in [-0.2, -0.15) is 0 Å². The monoisotopic (exact) mass is 364 g/mol. The quantitative estimate of drug-likeness (QED) is 0.883. The van der Waals surface area contributed by atoms with Crippen LogP contribution < -0.4 is 10.1 Å². The van der Waals surface area contributed by atoms with Gasteiger partial charge in [-0.3, -0.25) is 9.69 Å². The van der Waals surface area contributed by atoms with Gasteiger partial charge in [-0.15, -0.1) is 0 Å². The molecule has 0 atom stereocenters. The maximum Gasteiger partial charge on any atom is 0.238 e. The molecule has 132 valence electrons. The van der Waals surface area contributed by atoms with E-state index in [1.807, 2.05) is 24.1 Å². The zero-order valence-corrected chi connectivity index (χ0v) is 14.5. The van der Waals surface area contributed by atoms with Gasteiger partial charge in [0.25, 0.3) is 0 Å². The first kappa shape index (κ1) is 17.7. The van der Waals surface area contributed by atoms with Crippen LogP contribution >= 0.6 is 11.6 Å². The van der Waals surface area contributed by atoms with Crippen molar-refractivity contribution in [1.82, 2.24) is 4.90 Å². The Bertz CT molecular complexity index is 768. The number of carbonyl (C=O) groups excluding carboxylic acids is 1. The number of halogens is 2. The summed E-state index contributed by atoms with van der Waals surface area (Å²) in [6.45, 7) is 1.34. The molecule has 0 saturated heterocycles. The third kappa shape index (κ3) is 4.69. The van der Waals surface area contributed by atoms with Gasteiger partial charge in [0, 0.05) is 28.4 Å². The molecule has 1 aliphatic heterocycles. The number of hydrogen-bond donors (Lipinski definition) is 1. The van der Waals surface area contributed by atoms with Crippen molar-refractivity contribution in [3.05, 3.63) is 58.4 Å². The molecule has 0 aliphatic carbocycles. The van der Waals surface area contributed by atoms with Gasteiger partial charge in [0.2, 0.25) is 5.91 Å². The fraction of sp³-hybridized carbons (Fsp3) is 0.278. The number of carbonyl (C=O) groups is 1. The molecule has 1 N–H and O–H groups in total. The molecule has 25 heavy (non-hydrogen) atoms. The van der Waals surface area contributed by atoms with Crippen LogP contribution in [-0.4, -0.2) is 31.2 Å². The number of fused-ring (bicyclic) bond motifs is 1. The van der Waals surface area contributed by atoms with Gasteiger partial charge in [0.1, 0.15) is 11.6 Å². The molecule has 5 nitrogen and oxygen atoms in total. The first-order valence-electron chi connectivity index (χ1n) is 7.77. The van der Waals surface area contributed by atoms with Crippen LogP contribution in [0.2, 0.25) is 5.02 Å². The average Bonchev–Trinajstić information content (AvgIpc) is 2.56. The van der Waals surface area contributed by atoms with Gasteiger partial charge in [0.15, 0.2) is 6.79 Å². The number of likely N-dealkylation sites (N-methyl/N-ethyl adjacent to an activating group) is 1. The molecule has 0 aromatic heterocycles. The van der Waals surface area contributed by atoms with Crippen LogP contribution in [0, 0.1) is 5.82 Å². The second kappa shape index (κ2) is 7.82. The van der Waals surface area contributed by atoms with Gasteiger partial charge < -0.3 is 14.8 Å². The standard InChI is InChI=1S/C18H18ClFN2O3/c1-22(9-17(23)21-16-4-2-15(20)3-5-16)8-12-6-14(19)7-13-10-24-11-25-18(12)13/h2-7H,8-11H2,1H3,(H,21,23). The Labute approximate surface area is 150 Å². The summed E-state index contributed by atoms with van der Waals surface area (Å²) in [5.74, 6) is 0.237. The van der Waals surface area contributed by atoms with Gasteiger partial charge in [-0.05, 0) is 43.4 Å². The minimum absolute atomic E-state index is 0.176. The van der Waals surface area contributed by atoms with Crippen molar-refractivity contribution >= 4 is 23.2 Å². The number of ether oxygens (including phenoxy) is 2. The van der Waals surface area contributed by atoms with Crippen LogP contribution in [0.3, 0.4) is 0 Å². The zero-order chi connectivity index (χ0) is 17.8. The predicted molar refractivity (Wildman–Crippen MR) is 93.1 cm³/mol. The van der Waals surface area contributed by atoms with Crippen molar-refractivity contribution in [2.75, 3.05) is 25.7 Å². The highest BCUT2D eigenvalue weighted by atomic mass is 35.5. The number of amides is 1. The molecule has 0 saturated carbocycles. The van der Waals surface area contributed by atoms with E-state index < -0.39 is 0 Å². The Morgan fingerprint density at radius 2 is 2.08 bits per heavy atom. The second-order valence-electron chi connectivity index (χ2n) is 5.89. The SMILES string of the molecule is CN(CC(=O)Nc1ccc(F)cc1)Cc1cc(Cl)cc2c1OCOC2. The Morgan fingerprint density at radius 3 is 2.84 bits per heavy atom. The third-order valence-electron chi connectivity index (χ3n) is 3.73. The summed E-state index contributed by atoms with van der Waals surface area (Å²) in [5.41, 5.74) is 2.36. The summed E-state index contributed by atoms with van der Waals surface area (Å²) in [6.07, 6.45) is 0. The van der Waals surface area contributed by atoms with E-state index in [0.29, 0.717) is 23.9 Å². The third-order valence-corrected chi connectivity index (χ3v) is 3.95. The number of rotatable bonds is 5. The molecule has 0 radical (unpaired) electrons. The summed E-state index contributed by atoms with van der Waals surface area (Å²) < 4.78 is 23.7. The maximum atomic E-state index is 12.9. The molecule has 1 aliphatic rings. The second-order valence-corrected chi connectivity index (χ2v) is 6.33. The summed E-state index contributed by atoms with van der Waals surface area (Å²) in [7, 11) is 1.83. The Hall–Kier alpha value is -2.15. The number of benzene rings is 2. The number of nitrogens with one attached hydrogen (secondary N) is 1. The lowest BCUT2D eigenvalue weighted by molar-refractivity contribution is -0.117. The summed E-state index contributed by atoms with van der Waals surface area (Å²) in [5, 5.41) is 3.34. The molecule has 1 heterocycles. The Morgan fingerprint density at radius 1 is 1.32 bits per heavy atom. The molecule has 3 rings (SSSR count). The smallest absolute Gasteiger partial charge is 0.238 e. The molecule has 0 unspecified atom stereocenters. The van der Waals surface area contributed by atoms with Crippen LogP contribution in [0.5, 0.6) is 5.75 Å². The van der Waals surface area contributed by atoms with E-state index in [0.717, 1.165) is 16.9 Å². The van der Waals surface area contributed by atoms with Gasteiger partial charge in [-0.1, -0.05) is 11.6 Å². The molecule has 2 aromatic carbocycles. The topological polar surface area (TPSA) is 50.8 Å². The van der Waals surface area contributed by atoms with E-state index >= 15 is 0 Å². The fourth-order valence-electron chi connectivity index (χ4n) is 2.70. The molecule has 1 amide bonds. The lowest BCUT2D eigenvalue weighted by Crippen LogP contribution is -2.30. The molecule has 0 fully saturated rings. The molecule has 0 bridgehead atoms. The number of anilines is 1. The van der Waals surface area contributed by atoms with E-state index in [1.54, 1.807) is 0 Å².